The van der Waals surface area contributed by atoms with Crippen LogP contribution in [0.3, 0.4) is 0 Å². The third kappa shape index (κ3) is 3.79. The molecule has 5 rings (SSSR count). The van der Waals surface area contributed by atoms with Crippen molar-refractivity contribution in [1.82, 2.24) is 29.0 Å². The fraction of sp³-hybridized carbons (Fsp3) is 0.400. The van der Waals surface area contributed by atoms with Gasteiger partial charge in [0, 0.05) is 49.6 Å². The number of hydrogen-bond donors (Lipinski definition) is 0. The van der Waals surface area contributed by atoms with Crippen molar-refractivity contribution in [3.8, 4) is 6.07 Å². The molecule has 168 valence electrons. The molecule has 1 aliphatic heterocycles. The van der Waals surface area contributed by atoms with Gasteiger partial charge in [-0.1, -0.05) is 6.07 Å². The smallest absolute Gasteiger partial charge is 0.253 e. The highest BCUT2D eigenvalue weighted by molar-refractivity contribution is 5.74. The van der Waals surface area contributed by atoms with Crippen molar-refractivity contribution in [2.75, 3.05) is 6.54 Å². The standard InChI is InChI=1S/C25H27N7O/c1-16-12-19(23-15-25(33)30(3)24-14-20(6-8-26)29-32(23)24)7-11-31(16)17(2)18-4-5-21-22(13-18)28-10-9-27-21/h4-5,9-10,13-17,19H,6-7,11-12H2,1-3H3/t16-,17-,19?/m1/s1. The van der Waals surface area contributed by atoms with E-state index < -0.39 is 0 Å². The van der Waals surface area contributed by atoms with Crippen LogP contribution in [0, 0.1) is 11.3 Å². The molecule has 0 amide bonds. The van der Waals surface area contributed by atoms with Gasteiger partial charge in [0.15, 0.2) is 0 Å². The number of piperidine rings is 1. The predicted molar refractivity (Wildman–Crippen MR) is 126 cm³/mol. The van der Waals surface area contributed by atoms with Crippen molar-refractivity contribution in [3.05, 3.63) is 70.0 Å². The molecule has 0 saturated carbocycles. The van der Waals surface area contributed by atoms with Crippen LogP contribution in [0.1, 0.15) is 55.6 Å². The zero-order chi connectivity index (χ0) is 23.1. The zero-order valence-electron chi connectivity index (χ0n) is 19.1. The van der Waals surface area contributed by atoms with Crippen molar-refractivity contribution < 1.29 is 0 Å². The molecule has 0 aliphatic carbocycles. The molecule has 1 aromatic carbocycles. The van der Waals surface area contributed by atoms with E-state index in [2.05, 4.69) is 52.0 Å². The average molecular weight is 442 g/mol. The van der Waals surface area contributed by atoms with Gasteiger partial charge in [0.05, 0.1) is 34.9 Å². The number of likely N-dealkylation sites (tertiary alicyclic amines) is 1. The van der Waals surface area contributed by atoms with Gasteiger partial charge >= 0.3 is 0 Å². The lowest BCUT2D eigenvalue weighted by atomic mass is 9.87. The molecule has 1 aliphatic rings. The molecule has 0 spiro atoms. The molecule has 1 fully saturated rings. The second-order valence-electron chi connectivity index (χ2n) is 9.00. The summed E-state index contributed by atoms with van der Waals surface area (Å²) in [6.45, 7) is 5.42. The topological polar surface area (TPSA) is 92.1 Å². The summed E-state index contributed by atoms with van der Waals surface area (Å²) in [5.74, 6) is 0.233. The van der Waals surface area contributed by atoms with Crippen LogP contribution in [-0.2, 0) is 13.5 Å². The second-order valence-corrected chi connectivity index (χ2v) is 9.00. The normalized spacial score (nSPS) is 20.2. The summed E-state index contributed by atoms with van der Waals surface area (Å²) in [6, 6.07) is 12.6. The van der Waals surface area contributed by atoms with Crippen LogP contribution in [0.15, 0.2) is 47.5 Å². The van der Waals surface area contributed by atoms with Gasteiger partial charge in [0.2, 0.25) is 0 Å². The third-order valence-electron chi connectivity index (χ3n) is 7.01. The quantitative estimate of drug-likeness (QED) is 0.482. The summed E-state index contributed by atoms with van der Waals surface area (Å²) in [7, 11) is 1.75. The van der Waals surface area contributed by atoms with E-state index in [1.54, 1.807) is 30.1 Å². The number of nitrogens with zero attached hydrogens (tertiary/aromatic N) is 7. The molecule has 8 heteroatoms. The molecule has 3 atom stereocenters. The lowest BCUT2D eigenvalue weighted by Gasteiger charge is -2.41. The van der Waals surface area contributed by atoms with E-state index in [4.69, 9.17) is 5.26 Å². The summed E-state index contributed by atoms with van der Waals surface area (Å²) in [5.41, 5.74) is 5.39. The average Bonchev–Trinajstić information content (AvgIpc) is 3.25. The Labute approximate surface area is 192 Å². The first-order chi connectivity index (χ1) is 16.0. The fourth-order valence-corrected chi connectivity index (χ4v) is 5.17. The number of hydrogen-bond acceptors (Lipinski definition) is 6. The fourth-order valence-electron chi connectivity index (χ4n) is 5.17. The lowest BCUT2D eigenvalue weighted by Crippen LogP contribution is -2.42. The van der Waals surface area contributed by atoms with Crippen LogP contribution in [0.2, 0.25) is 0 Å². The van der Waals surface area contributed by atoms with E-state index in [1.807, 2.05) is 16.6 Å². The Morgan fingerprint density at radius 1 is 1.18 bits per heavy atom. The van der Waals surface area contributed by atoms with Crippen molar-refractivity contribution in [2.24, 2.45) is 7.05 Å². The summed E-state index contributed by atoms with van der Waals surface area (Å²) < 4.78 is 3.47. The molecule has 0 bridgehead atoms. The van der Waals surface area contributed by atoms with Crippen molar-refractivity contribution in [1.29, 1.82) is 5.26 Å². The van der Waals surface area contributed by atoms with E-state index in [-0.39, 0.29) is 23.9 Å². The predicted octanol–water partition coefficient (Wildman–Crippen LogP) is 3.37. The summed E-state index contributed by atoms with van der Waals surface area (Å²) in [4.78, 5) is 24.0. The lowest BCUT2D eigenvalue weighted by molar-refractivity contribution is 0.102. The van der Waals surface area contributed by atoms with Crippen LogP contribution in [-0.4, -0.2) is 41.6 Å². The van der Waals surface area contributed by atoms with Gasteiger partial charge in [-0.2, -0.15) is 10.4 Å². The van der Waals surface area contributed by atoms with Crippen molar-refractivity contribution in [3.63, 3.8) is 0 Å². The van der Waals surface area contributed by atoms with E-state index in [9.17, 15) is 4.79 Å². The zero-order valence-corrected chi connectivity index (χ0v) is 19.1. The Hall–Kier alpha value is -3.57. The number of benzene rings is 1. The number of fused-ring (bicyclic) bond motifs is 2. The Bertz CT molecular complexity index is 1430. The number of nitriles is 1. The molecular weight excluding hydrogens is 414 g/mol. The number of aryl methyl sites for hydroxylation is 1. The first-order valence-electron chi connectivity index (χ1n) is 11.4. The summed E-state index contributed by atoms with van der Waals surface area (Å²) in [6.07, 6.45) is 5.56. The van der Waals surface area contributed by atoms with Gasteiger partial charge in [0.1, 0.15) is 5.65 Å². The maximum absolute atomic E-state index is 12.6. The van der Waals surface area contributed by atoms with E-state index in [0.717, 1.165) is 41.8 Å². The largest absolute Gasteiger partial charge is 0.296 e. The minimum atomic E-state index is -0.0402. The molecule has 1 saturated heterocycles. The highest BCUT2D eigenvalue weighted by Crippen LogP contribution is 2.36. The Kier molecular flexibility index (Phi) is 5.43. The van der Waals surface area contributed by atoms with Gasteiger partial charge in [-0.15, -0.1) is 0 Å². The Morgan fingerprint density at radius 3 is 2.73 bits per heavy atom. The van der Waals surface area contributed by atoms with Crippen molar-refractivity contribution >= 4 is 16.7 Å². The molecule has 4 heterocycles. The van der Waals surface area contributed by atoms with Gasteiger partial charge in [0.25, 0.3) is 5.56 Å². The minimum absolute atomic E-state index is 0.0402. The minimum Gasteiger partial charge on any atom is -0.296 e. The molecule has 0 N–H and O–H groups in total. The van der Waals surface area contributed by atoms with E-state index >= 15 is 0 Å². The number of aromatic nitrogens is 5. The second kappa shape index (κ2) is 8.41. The van der Waals surface area contributed by atoms with Crippen molar-refractivity contribution in [2.45, 2.75) is 51.1 Å². The van der Waals surface area contributed by atoms with E-state index in [0.29, 0.717) is 11.7 Å². The molecule has 3 aromatic heterocycles. The monoisotopic (exact) mass is 441 g/mol. The molecule has 0 radical (unpaired) electrons. The first kappa shape index (κ1) is 21.3. The SMILES string of the molecule is C[C@@H]1CC(c2cc(=O)n(C)c3cc(CC#N)nn23)CCN1[C@H](C)c1ccc2nccnc2c1. The molecule has 1 unspecified atom stereocenters. The Morgan fingerprint density at radius 2 is 1.97 bits per heavy atom. The molecule has 4 aromatic rings. The summed E-state index contributed by atoms with van der Waals surface area (Å²) >= 11 is 0. The Balaban J connectivity index is 1.41. The van der Waals surface area contributed by atoms with Crippen LogP contribution >= 0.6 is 0 Å². The molecular formula is C25H27N7O. The number of rotatable bonds is 4. The van der Waals surface area contributed by atoms with E-state index in [1.165, 1.54) is 5.56 Å². The van der Waals surface area contributed by atoms with Crippen LogP contribution in [0.25, 0.3) is 16.7 Å². The van der Waals surface area contributed by atoms with Gasteiger partial charge < -0.3 is 0 Å². The highest BCUT2D eigenvalue weighted by atomic mass is 16.1. The third-order valence-corrected chi connectivity index (χ3v) is 7.01. The maximum Gasteiger partial charge on any atom is 0.253 e. The van der Waals surface area contributed by atoms with Gasteiger partial charge in [-0.05, 0) is 50.9 Å². The molecule has 33 heavy (non-hydrogen) atoms. The maximum atomic E-state index is 12.6. The van der Waals surface area contributed by atoms with Crippen LogP contribution in [0.4, 0.5) is 0 Å². The highest BCUT2D eigenvalue weighted by Gasteiger charge is 2.32. The summed E-state index contributed by atoms with van der Waals surface area (Å²) in [5, 5.41) is 13.7. The molecule has 8 nitrogen and oxygen atoms in total. The van der Waals surface area contributed by atoms with Crippen LogP contribution in [0.5, 0.6) is 0 Å². The van der Waals surface area contributed by atoms with Crippen LogP contribution < -0.4 is 5.56 Å². The van der Waals surface area contributed by atoms with Gasteiger partial charge in [-0.3, -0.25) is 24.2 Å². The van der Waals surface area contributed by atoms with Gasteiger partial charge in [-0.25, -0.2) is 4.52 Å². The first-order valence-corrected chi connectivity index (χ1v) is 11.4.